The summed E-state index contributed by atoms with van der Waals surface area (Å²) in [5.41, 5.74) is 0. The Balaban J connectivity index is 1.69. The van der Waals surface area contributed by atoms with E-state index in [2.05, 4.69) is 17.1 Å². The van der Waals surface area contributed by atoms with Crippen LogP contribution in [0.4, 0.5) is 0 Å². The minimum absolute atomic E-state index is 0.807. The lowest BCUT2D eigenvalue weighted by molar-refractivity contribution is 0.0928. The molecule has 2 aliphatic rings. The van der Waals surface area contributed by atoms with Crippen LogP contribution < -0.4 is 5.32 Å². The highest BCUT2D eigenvalue weighted by Gasteiger charge is 2.28. The van der Waals surface area contributed by atoms with E-state index in [1.807, 2.05) is 0 Å². The summed E-state index contributed by atoms with van der Waals surface area (Å²) < 4.78 is 0. The van der Waals surface area contributed by atoms with E-state index in [4.69, 9.17) is 0 Å². The van der Waals surface area contributed by atoms with Crippen LogP contribution in [0.15, 0.2) is 0 Å². The van der Waals surface area contributed by atoms with Crippen molar-refractivity contribution in [2.45, 2.75) is 51.1 Å². The molecule has 1 N–H and O–H groups in total. The highest BCUT2D eigenvalue weighted by molar-refractivity contribution is 4.85. The van der Waals surface area contributed by atoms with Gasteiger partial charge in [-0.15, -0.1) is 0 Å². The molecule has 2 heteroatoms. The second kappa shape index (κ2) is 4.43. The van der Waals surface area contributed by atoms with Crippen LogP contribution in [-0.4, -0.2) is 36.6 Å². The van der Waals surface area contributed by atoms with Crippen molar-refractivity contribution in [2.75, 3.05) is 19.6 Å². The monoisotopic (exact) mass is 182 g/mol. The SMILES string of the molecule is CCNC1CCN(C2CCC2)CC1. The molecule has 0 aromatic heterocycles. The average Bonchev–Trinajstić information content (AvgIpc) is 2.06. The molecule has 1 aliphatic carbocycles. The number of hydrogen-bond acceptors (Lipinski definition) is 2. The van der Waals surface area contributed by atoms with E-state index >= 15 is 0 Å². The summed E-state index contributed by atoms with van der Waals surface area (Å²) >= 11 is 0. The van der Waals surface area contributed by atoms with Gasteiger partial charge in [0.05, 0.1) is 0 Å². The van der Waals surface area contributed by atoms with Crippen molar-refractivity contribution < 1.29 is 0 Å². The first-order valence-corrected chi connectivity index (χ1v) is 5.87. The van der Waals surface area contributed by atoms with Crippen LogP contribution in [0.5, 0.6) is 0 Å². The molecule has 1 aliphatic heterocycles. The van der Waals surface area contributed by atoms with Crippen molar-refractivity contribution in [3.05, 3.63) is 0 Å². The first-order valence-electron chi connectivity index (χ1n) is 5.87. The van der Waals surface area contributed by atoms with Gasteiger partial charge in [0.15, 0.2) is 0 Å². The number of rotatable bonds is 3. The molecule has 13 heavy (non-hydrogen) atoms. The summed E-state index contributed by atoms with van der Waals surface area (Å²) in [5, 5.41) is 3.55. The third-order valence-electron chi connectivity index (χ3n) is 3.61. The lowest BCUT2D eigenvalue weighted by Crippen LogP contribution is -2.48. The van der Waals surface area contributed by atoms with Gasteiger partial charge in [-0.3, -0.25) is 0 Å². The second-order valence-corrected chi connectivity index (χ2v) is 4.45. The van der Waals surface area contributed by atoms with Crippen molar-refractivity contribution in [1.82, 2.24) is 10.2 Å². The van der Waals surface area contributed by atoms with E-state index in [9.17, 15) is 0 Å². The lowest BCUT2D eigenvalue weighted by atomic mass is 9.89. The molecule has 0 aromatic carbocycles. The highest BCUT2D eigenvalue weighted by Crippen LogP contribution is 2.27. The number of likely N-dealkylation sites (tertiary alicyclic amines) is 1. The fourth-order valence-corrected chi connectivity index (χ4v) is 2.51. The van der Waals surface area contributed by atoms with Crippen LogP contribution in [0.1, 0.15) is 39.0 Å². The van der Waals surface area contributed by atoms with Crippen LogP contribution in [0.3, 0.4) is 0 Å². The summed E-state index contributed by atoms with van der Waals surface area (Å²) in [5.74, 6) is 0. The molecule has 2 rings (SSSR count). The molecule has 2 fully saturated rings. The molecular formula is C11H22N2. The van der Waals surface area contributed by atoms with Crippen molar-refractivity contribution >= 4 is 0 Å². The normalized spacial score (nSPS) is 27.5. The van der Waals surface area contributed by atoms with Crippen molar-refractivity contribution in [1.29, 1.82) is 0 Å². The molecule has 0 unspecified atom stereocenters. The largest absolute Gasteiger partial charge is 0.314 e. The quantitative estimate of drug-likeness (QED) is 0.713. The van der Waals surface area contributed by atoms with Gasteiger partial charge in [-0.05, 0) is 45.3 Å². The maximum absolute atomic E-state index is 3.55. The Kier molecular flexibility index (Phi) is 3.23. The summed E-state index contributed by atoms with van der Waals surface area (Å²) in [6.45, 7) is 6.01. The Morgan fingerprint density at radius 3 is 2.31 bits per heavy atom. The number of piperidine rings is 1. The predicted molar refractivity (Wildman–Crippen MR) is 55.9 cm³/mol. The zero-order chi connectivity index (χ0) is 9.10. The van der Waals surface area contributed by atoms with E-state index in [-0.39, 0.29) is 0 Å². The predicted octanol–water partition coefficient (Wildman–Crippen LogP) is 1.61. The maximum Gasteiger partial charge on any atom is 0.00952 e. The van der Waals surface area contributed by atoms with E-state index in [1.54, 1.807) is 0 Å². The van der Waals surface area contributed by atoms with Crippen LogP contribution in [0.25, 0.3) is 0 Å². The summed E-state index contributed by atoms with van der Waals surface area (Å²) in [4.78, 5) is 2.71. The summed E-state index contributed by atoms with van der Waals surface area (Å²) in [7, 11) is 0. The molecule has 2 nitrogen and oxygen atoms in total. The molecular weight excluding hydrogens is 160 g/mol. The van der Waals surface area contributed by atoms with E-state index in [0.717, 1.165) is 18.6 Å². The molecule has 0 amide bonds. The van der Waals surface area contributed by atoms with Crippen LogP contribution in [0, 0.1) is 0 Å². The fourth-order valence-electron chi connectivity index (χ4n) is 2.51. The minimum atomic E-state index is 0.807. The number of nitrogens with zero attached hydrogens (tertiary/aromatic N) is 1. The fraction of sp³-hybridized carbons (Fsp3) is 1.00. The smallest absolute Gasteiger partial charge is 0.00952 e. The third-order valence-corrected chi connectivity index (χ3v) is 3.61. The van der Waals surface area contributed by atoms with Gasteiger partial charge < -0.3 is 10.2 Å². The Hall–Kier alpha value is -0.0800. The van der Waals surface area contributed by atoms with E-state index in [0.29, 0.717) is 0 Å². The maximum atomic E-state index is 3.55. The van der Waals surface area contributed by atoms with Crippen molar-refractivity contribution in [3.8, 4) is 0 Å². The molecule has 0 atom stereocenters. The third kappa shape index (κ3) is 2.23. The molecule has 0 bridgehead atoms. The topological polar surface area (TPSA) is 15.3 Å². The highest BCUT2D eigenvalue weighted by atomic mass is 15.2. The Morgan fingerprint density at radius 2 is 1.85 bits per heavy atom. The first-order chi connectivity index (χ1) is 6.40. The molecule has 1 saturated carbocycles. The van der Waals surface area contributed by atoms with Crippen LogP contribution in [0.2, 0.25) is 0 Å². The molecule has 0 radical (unpaired) electrons. The second-order valence-electron chi connectivity index (χ2n) is 4.45. The number of nitrogens with one attached hydrogen (secondary N) is 1. The van der Waals surface area contributed by atoms with Gasteiger partial charge in [0.25, 0.3) is 0 Å². The van der Waals surface area contributed by atoms with Gasteiger partial charge in [0, 0.05) is 12.1 Å². The van der Waals surface area contributed by atoms with Gasteiger partial charge in [0.1, 0.15) is 0 Å². The standard InChI is InChI=1S/C11H22N2/c1-2-12-10-6-8-13(9-7-10)11-4-3-5-11/h10-12H,2-9H2,1H3. The van der Waals surface area contributed by atoms with Gasteiger partial charge >= 0.3 is 0 Å². The molecule has 1 heterocycles. The lowest BCUT2D eigenvalue weighted by Gasteiger charge is -2.41. The van der Waals surface area contributed by atoms with E-state index in [1.165, 1.54) is 45.2 Å². The van der Waals surface area contributed by atoms with Gasteiger partial charge in [-0.1, -0.05) is 13.3 Å². The summed E-state index contributed by atoms with van der Waals surface area (Å²) in [6.07, 6.45) is 7.13. The first kappa shape index (κ1) is 9.47. The van der Waals surface area contributed by atoms with E-state index < -0.39 is 0 Å². The summed E-state index contributed by atoms with van der Waals surface area (Å²) in [6, 6.07) is 1.77. The Bertz CT molecular complexity index is 146. The Labute approximate surface area is 81.7 Å². The molecule has 0 spiro atoms. The van der Waals surface area contributed by atoms with Crippen molar-refractivity contribution in [3.63, 3.8) is 0 Å². The van der Waals surface area contributed by atoms with Crippen molar-refractivity contribution in [2.24, 2.45) is 0 Å². The van der Waals surface area contributed by atoms with Gasteiger partial charge in [-0.25, -0.2) is 0 Å². The average molecular weight is 182 g/mol. The minimum Gasteiger partial charge on any atom is -0.314 e. The molecule has 0 aromatic rings. The number of hydrogen-bond donors (Lipinski definition) is 1. The Morgan fingerprint density at radius 1 is 1.15 bits per heavy atom. The van der Waals surface area contributed by atoms with Crippen LogP contribution in [-0.2, 0) is 0 Å². The zero-order valence-corrected chi connectivity index (χ0v) is 8.76. The molecule has 1 saturated heterocycles. The molecule has 76 valence electrons. The van der Waals surface area contributed by atoms with Crippen LogP contribution >= 0.6 is 0 Å². The van der Waals surface area contributed by atoms with Gasteiger partial charge in [0.2, 0.25) is 0 Å². The van der Waals surface area contributed by atoms with Gasteiger partial charge in [-0.2, -0.15) is 0 Å². The zero-order valence-electron chi connectivity index (χ0n) is 8.76.